The zero-order valence-electron chi connectivity index (χ0n) is 19.5. The first-order valence-electron chi connectivity index (χ1n) is 10.9. The van der Waals surface area contributed by atoms with Crippen molar-refractivity contribution in [3.63, 3.8) is 0 Å². The van der Waals surface area contributed by atoms with E-state index in [9.17, 15) is 24.3 Å². The average molecular weight is 465 g/mol. The molecule has 33 heavy (non-hydrogen) atoms. The molecule has 1 fully saturated rings. The van der Waals surface area contributed by atoms with E-state index in [1.807, 2.05) is 6.08 Å². The normalized spacial score (nSPS) is 29.8. The van der Waals surface area contributed by atoms with E-state index in [0.29, 0.717) is 12.8 Å². The van der Waals surface area contributed by atoms with E-state index in [1.165, 1.54) is 19.9 Å². The number of rotatable bonds is 6. The van der Waals surface area contributed by atoms with Crippen molar-refractivity contribution in [2.75, 3.05) is 13.2 Å². The second-order valence-electron chi connectivity index (χ2n) is 8.62. The molecule has 2 aliphatic rings. The van der Waals surface area contributed by atoms with Gasteiger partial charge in [0.15, 0.2) is 0 Å². The minimum absolute atomic E-state index is 0.0281. The van der Waals surface area contributed by atoms with Crippen molar-refractivity contribution < 1.29 is 43.2 Å². The fourth-order valence-corrected chi connectivity index (χ4v) is 3.95. The van der Waals surface area contributed by atoms with Gasteiger partial charge in [0.2, 0.25) is 0 Å². The SMILES string of the molecule is C=C1C(=O)O[C@@H]2C/C(COC(C)=O)=C\CC[C@](C)(O)C[C@@H](OC(=O)/C(=C\C)COC(C)=O)[C@@H]12. The lowest BCUT2D eigenvalue weighted by Crippen LogP contribution is -2.41. The third-order valence-corrected chi connectivity index (χ3v) is 5.71. The highest BCUT2D eigenvalue weighted by Crippen LogP contribution is 2.39. The summed E-state index contributed by atoms with van der Waals surface area (Å²) in [6, 6.07) is 0. The molecule has 1 aliphatic carbocycles. The Labute approximate surface area is 193 Å². The van der Waals surface area contributed by atoms with Crippen LogP contribution >= 0.6 is 0 Å². The monoisotopic (exact) mass is 464 g/mol. The van der Waals surface area contributed by atoms with E-state index in [1.54, 1.807) is 13.8 Å². The van der Waals surface area contributed by atoms with Crippen LogP contribution in [0.4, 0.5) is 0 Å². The molecule has 1 saturated heterocycles. The molecule has 0 radical (unpaired) electrons. The molecule has 9 heteroatoms. The first-order chi connectivity index (χ1) is 15.4. The lowest BCUT2D eigenvalue weighted by molar-refractivity contribution is -0.153. The molecule has 0 spiro atoms. The zero-order valence-corrected chi connectivity index (χ0v) is 19.5. The van der Waals surface area contributed by atoms with Crippen LogP contribution in [-0.4, -0.2) is 60.0 Å². The Hall–Kier alpha value is -2.94. The number of hydrogen-bond donors (Lipinski definition) is 1. The second kappa shape index (κ2) is 11.3. The van der Waals surface area contributed by atoms with Crippen LogP contribution in [0.2, 0.25) is 0 Å². The molecule has 1 N–H and O–H groups in total. The maximum atomic E-state index is 12.8. The number of fused-ring (bicyclic) bond motifs is 1. The quantitative estimate of drug-likeness (QED) is 0.273. The summed E-state index contributed by atoms with van der Waals surface area (Å²) in [4.78, 5) is 47.6. The Morgan fingerprint density at radius 1 is 1.27 bits per heavy atom. The molecule has 9 nitrogen and oxygen atoms in total. The Balaban J connectivity index is 2.34. The predicted molar refractivity (Wildman–Crippen MR) is 117 cm³/mol. The summed E-state index contributed by atoms with van der Waals surface area (Å²) in [5.41, 5.74) is -0.226. The molecule has 1 aliphatic heterocycles. The van der Waals surface area contributed by atoms with Gasteiger partial charge in [-0.2, -0.15) is 0 Å². The molecule has 0 unspecified atom stereocenters. The highest BCUT2D eigenvalue weighted by atomic mass is 16.6. The van der Waals surface area contributed by atoms with Crippen LogP contribution in [-0.2, 0) is 38.1 Å². The number of allylic oxidation sites excluding steroid dienone is 2. The maximum absolute atomic E-state index is 12.8. The van der Waals surface area contributed by atoms with Crippen molar-refractivity contribution >= 4 is 23.9 Å². The first kappa shape index (κ1) is 26.3. The zero-order chi connectivity index (χ0) is 24.8. The number of esters is 4. The highest BCUT2D eigenvalue weighted by molar-refractivity contribution is 5.92. The smallest absolute Gasteiger partial charge is 0.337 e. The molecule has 0 saturated carbocycles. The minimum Gasteiger partial charge on any atom is -0.461 e. The van der Waals surface area contributed by atoms with Gasteiger partial charge in [-0.1, -0.05) is 18.7 Å². The molecule has 1 heterocycles. The van der Waals surface area contributed by atoms with Crippen LogP contribution in [0.25, 0.3) is 0 Å². The van der Waals surface area contributed by atoms with Gasteiger partial charge in [0.25, 0.3) is 0 Å². The van der Waals surface area contributed by atoms with E-state index in [0.717, 1.165) is 5.57 Å². The van der Waals surface area contributed by atoms with Crippen molar-refractivity contribution in [3.8, 4) is 0 Å². The van der Waals surface area contributed by atoms with Crippen LogP contribution < -0.4 is 0 Å². The number of carbonyl (C=O) groups excluding carboxylic acids is 4. The Morgan fingerprint density at radius 3 is 2.55 bits per heavy atom. The average Bonchev–Trinajstić information content (AvgIpc) is 2.98. The summed E-state index contributed by atoms with van der Waals surface area (Å²) in [6.45, 7) is 9.38. The summed E-state index contributed by atoms with van der Waals surface area (Å²) in [5.74, 6) is -3.03. The number of aliphatic hydroxyl groups is 1. The minimum atomic E-state index is -1.23. The maximum Gasteiger partial charge on any atom is 0.337 e. The lowest BCUT2D eigenvalue weighted by atomic mass is 9.80. The van der Waals surface area contributed by atoms with Crippen LogP contribution in [0.1, 0.15) is 53.4 Å². The predicted octanol–water partition coefficient (Wildman–Crippen LogP) is 2.32. The molecule has 0 aromatic rings. The molecule has 0 aromatic heterocycles. The summed E-state index contributed by atoms with van der Waals surface area (Å²) in [7, 11) is 0. The van der Waals surface area contributed by atoms with Crippen LogP contribution in [0.15, 0.2) is 35.5 Å². The summed E-state index contributed by atoms with van der Waals surface area (Å²) in [6.07, 6.45) is 2.88. The van der Waals surface area contributed by atoms with Gasteiger partial charge in [0.05, 0.1) is 17.1 Å². The second-order valence-corrected chi connectivity index (χ2v) is 8.62. The molecular formula is C24H32O9. The van der Waals surface area contributed by atoms with Gasteiger partial charge < -0.3 is 24.1 Å². The van der Waals surface area contributed by atoms with E-state index >= 15 is 0 Å². The Morgan fingerprint density at radius 2 is 1.94 bits per heavy atom. The van der Waals surface area contributed by atoms with Crippen LogP contribution in [0.5, 0.6) is 0 Å². The van der Waals surface area contributed by atoms with Gasteiger partial charge in [0.1, 0.15) is 25.4 Å². The van der Waals surface area contributed by atoms with E-state index in [2.05, 4.69) is 6.58 Å². The summed E-state index contributed by atoms with van der Waals surface area (Å²) in [5, 5.41) is 11.0. The van der Waals surface area contributed by atoms with Gasteiger partial charge >= 0.3 is 23.9 Å². The lowest BCUT2D eigenvalue weighted by Gasteiger charge is -2.34. The van der Waals surface area contributed by atoms with Crippen molar-refractivity contribution in [2.24, 2.45) is 5.92 Å². The van der Waals surface area contributed by atoms with Gasteiger partial charge in [-0.05, 0) is 32.3 Å². The Bertz CT molecular complexity index is 865. The Kier molecular flexibility index (Phi) is 8.99. The highest BCUT2D eigenvalue weighted by Gasteiger charge is 2.47. The van der Waals surface area contributed by atoms with Gasteiger partial charge in [-0.25, -0.2) is 9.59 Å². The van der Waals surface area contributed by atoms with E-state index in [-0.39, 0.29) is 37.2 Å². The molecule has 2 rings (SSSR count). The van der Waals surface area contributed by atoms with Gasteiger partial charge in [-0.15, -0.1) is 0 Å². The molecule has 4 atom stereocenters. The topological polar surface area (TPSA) is 125 Å². The number of hydrogen-bond acceptors (Lipinski definition) is 9. The molecular weight excluding hydrogens is 432 g/mol. The van der Waals surface area contributed by atoms with E-state index in [4.69, 9.17) is 18.9 Å². The summed E-state index contributed by atoms with van der Waals surface area (Å²) >= 11 is 0. The third-order valence-electron chi connectivity index (χ3n) is 5.71. The van der Waals surface area contributed by atoms with Crippen molar-refractivity contribution in [1.29, 1.82) is 0 Å². The molecule has 0 aromatic carbocycles. The number of carbonyl (C=O) groups is 4. The summed E-state index contributed by atoms with van der Waals surface area (Å²) < 4.78 is 21.3. The standard InChI is InChI=1S/C24H32O9/c1-6-18(13-31-16(4)26)23(28)33-20-11-24(5,29)9-7-8-17(12-30-15(3)25)10-19-21(20)14(2)22(27)32-19/h6,8,19-21,29H,2,7,9-13H2,1,3-5H3/b17-8+,18-6-/t19-,20-,21+,24+/m1/s1. The van der Waals surface area contributed by atoms with Crippen LogP contribution in [0, 0.1) is 5.92 Å². The third kappa shape index (κ3) is 7.56. The van der Waals surface area contributed by atoms with Crippen LogP contribution in [0.3, 0.4) is 0 Å². The van der Waals surface area contributed by atoms with E-state index < -0.39 is 47.6 Å². The molecule has 0 amide bonds. The molecule has 182 valence electrons. The van der Waals surface area contributed by atoms with Crippen molar-refractivity contribution in [2.45, 2.75) is 71.2 Å². The van der Waals surface area contributed by atoms with Crippen molar-refractivity contribution in [1.82, 2.24) is 0 Å². The van der Waals surface area contributed by atoms with Crippen molar-refractivity contribution in [3.05, 3.63) is 35.5 Å². The fraction of sp³-hybridized carbons (Fsp3) is 0.583. The largest absolute Gasteiger partial charge is 0.461 e. The fourth-order valence-electron chi connectivity index (χ4n) is 3.95. The number of ether oxygens (including phenoxy) is 4. The first-order valence-corrected chi connectivity index (χ1v) is 10.9. The van der Waals surface area contributed by atoms with Gasteiger partial charge in [-0.3, -0.25) is 9.59 Å². The van der Waals surface area contributed by atoms with Gasteiger partial charge in [0, 0.05) is 32.3 Å². The molecule has 0 bridgehead atoms.